The fraction of sp³-hybridized carbons (Fsp3) is 0.143. The molecule has 0 bridgehead atoms. The van der Waals surface area contributed by atoms with Crippen LogP contribution in [-0.4, -0.2) is 21.5 Å². The van der Waals surface area contributed by atoms with Gasteiger partial charge in [0.15, 0.2) is 5.65 Å². The van der Waals surface area contributed by atoms with E-state index in [9.17, 15) is 0 Å². The molecule has 0 radical (unpaired) electrons. The molecule has 0 aliphatic heterocycles. The van der Waals surface area contributed by atoms with Gasteiger partial charge in [-0.25, -0.2) is 9.97 Å². The summed E-state index contributed by atoms with van der Waals surface area (Å²) < 4.78 is 0.937. The number of fused-ring (bicyclic) bond motifs is 1. The van der Waals surface area contributed by atoms with Crippen LogP contribution in [0, 0.1) is 0 Å². The molecule has 0 unspecified atom stereocenters. The number of nitrogens with zero attached hydrogens (tertiary/aromatic N) is 2. The molecule has 0 fully saturated rings. The number of H-pyrrole nitrogens is 1. The lowest BCUT2D eigenvalue weighted by molar-refractivity contribution is 0.969. The molecule has 0 saturated carbocycles. The van der Waals surface area contributed by atoms with Crippen LogP contribution in [0.25, 0.3) is 22.6 Å². The van der Waals surface area contributed by atoms with Crippen LogP contribution in [0.15, 0.2) is 41.0 Å². The summed E-state index contributed by atoms with van der Waals surface area (Å²) in [4.78, 5) is 12.1. The van der Waals surface area contributed by atoms with Crippen LogP contribution in [0.3, 0.4) is 0 Å². The smallest absolute Gasteiger partial charge is 0.178 e. The molecular formula is C14H13BrN4. The second-order valence-electron chi connectivity index (χ2n) is 4.35. The Labute approximate surface area is 119 Å². The fourth-order valence-electron chi connectivity index (χ4n) is 2.05. The van der Waals surface area contributed by atoms with Gasteiger partial charge in [-0.1, -0.05) is 18.2 Å². The van der Waals surface area contributed by atoms with Gasteiger partial charge in [-0.15, -0.1) is 0 Å². The highest BCUT2D eigenvalue weighted by atomic mass is 79.9. The second-order valence-corrected chi connectivity index (χ2v) is 5.26. The lowest BCUT2D eigenvalue weighted by Crippen LogP contribution is -2.02. The van der Waals surface area contributed by atoms with E-state index in [1.807, 2.05) is 18.2 Å². The van der Waals surface area contributed by atoms with E-state index < -0.39 is 0 Å². The highest BCUT2D eigenvalue weighted by Crippen LogP contribution is 2.22. The molecule has 0 aliphatic rings. The number of imidazole rings is 1. The zero-order valence-corrected chi connectivity index (χ0v) is 11.8. The quantitative estimate of drug-likeness (QED) is 0.780. The predicted octanol–water partition coefficient (Wildman–Crippen LogP) is 2.89. The Morgan fingerprint density at radius 2 is 2.16 bits per heavy atom. The van der Waals surface area contributed by atoms with Crippen molar-refractivity contribution in [3.8, 4) is 11.4 Å². The van der Waals surface area contributed by atoms with E-state index in [4.69, 9.17) is 5.73 Å². The normalized spacial score (nSPS) is 11.1. The fourth-order valence-corrected chi connectivity index (χ4v) is 2.38. The molecule has 0 saturated heterocycles. The lowest BCUT2D eigenvalue weighted by Gasteiger charge is -2.01. The van der Waals surface area contributed by atoms with Crippen molar-refractivity contribution in [2.75, 3.05) is 6.54 Å². The minimum absolute atomic E-state index is 0.651. The van der Waals surface area contributed by atoms with Gasteiger partial charge < -0.3 is 10.7 Å². The molecule has 2 aromatic heterocycles. The van der Waals surface area contributed by atoms with Gasteiger partial charge >= 0.3 is 0 Å². The molecule has 19 heavy (non-hydrogen) atoms. The van der Waals surface area contributed by atoms with Crippen molar-refractivity contribution in [1.82, 2.24) is 15.0 Å². The second kappa shape index (κ2) is 5.11. The molecule has 0 atom stereocenters. The van der Waals surface area contributed by atoms with Gasteiger partial charge in [-0.3, -0.25) is 0 Å². The van der Waals surface area contributed by atoms with Crippen molar-refractivity contribution >= 4 is 27.1 Å². The van der Waals surface area contributed by atoms with E-state index in [-0.39, 0.29) is 0 Å². The molecule has 0 spiro atoms. The number of halogens is 1. The van der Waals surface area contributed by atoms with E-state index in [0.29, 0.717) is 6.54 Å². The monoisotopic (exact) mass is 316 g/mol. The van der Waals surface area contributed by atoms with Gasteiger partial charge in [0.25, 0.3) is 0 Å². The zero-order chi connectivity index (χ0) is 13.2. The van der Waals surface area contributed by atoms with Crippen LogP contribution < -0.4 is 5.73 Å². The van der Waals surface area contributed by atoms with Gasteiger partial charge in [0.05, 0.1) is 5.52 Å². The number of hydrogen-bond acceptors (Lipinski definition) is 3. The molecule has 1 aromatic carbocycles. The number of rotatable bonds is 3. The lowest BCUT2D eigenvalue weighted by atomic mass is 10.1. The van der Waals surface area contributed by atoms with E-state index in [1.54, 1.807) is 6.20 Å². The summed E-state index contributed by atoms with van der Waals surface area (Å²) in [6, 6.07) is 10.2. The van der Waals surface area contributed by atoms with Crippen molar-refractivity contribution in [2.45, 2.75) is 6.42 Å². The first-order valence-corrected chi connectivity index (χ1v) is 6.86. The summed E-state index contributed by atoms with van der Waals surface area (Å²) in [5, 5.41) is 0. The highest BCUT2D eigenvalue weighted by molar-refractivity contribution is 9.10. The van der Waals surface area contributed by atoms with E-state index in [1.165, 1.54) is 5.56 Å². The maximum absolute atomic E-state index is 5.59. The molecule has 5 heteroatoms. The number of aromatic nitrogens is 3. The SMILES string of the molecule is NCCc1cccc(-c2nc3ncc(Br)cc3[nH]2)c1. The van der Waals surface area contributed by atoms with Crippen LogP contribution >= 0.6 is 15.9 Å². The Bertz CT molecular complexity index is 720. The minimum Gasteiger partial charge on any atom is -0.337 e. The molecule has 0 amide bonds. The standard InChI is InChI=1S/C14H13BrN4/c15-11-7-12-14(17-8-11)19-13(18-12)10-3-1-2-9(6-10)4-5-16/h1-3,6-8H,4-5,16H2,(H,17,18,19). The number of nitrogens with two attached hydrogens (primary N) is 1. The topological polar surface area (TPSA) is 67.6 Å². The van der Waals surface area contributed by atoms with Gasteiger partial charge in [-0.05, 0) is 46.6 Å². The minimum atomic E-state index is 0.651. The number of nitrogens with one attached hydrogen (secondary N) is 1. The summed E-state index contributed by atoms with van der Waals surface area (Å²) in [6.07, 6.45) is 2.62. The average molecular weight is 317 g/mol. The Hall–Kier alpha value is -1.72. The van der Waals surface area contributed by atoms with Crippen molar-refractivity contribution < 1.29 is 0 Å². The first kappa shape index (κ1) is 12.3. The van der Waals surface area contributed by atoms with Crippen molar-refractivity contribution in [1.29, 1.82) is 0 Å². The van der Waals surface area contributed by atoms with Crippen molar-refractivity contribution in [3.63, 3.8) is 0 Å². The predicted molar refractivity (Wildman–Crippen MR) is 79.8 cm³/mol. The van der Waals surface area contributed by atoms with Gasteiger partial charge in [0.1, 0.15) is 5.82 Å². The zero-order valence-electron chi connectivity index (χ0n) is 10.2. The molecule has 3 aromatic rings. The van der Waals surface area contributed by atoms with E-state index >= 15 is 0 Å². The summed E-state index contributed by atoms with van der Waals surface area (Å²) in [6.45, 7) is 0.651. The first-order valence-electron chi connectivity index (χ1n) is 6.07. The Kier molecular flexibility index (Phi) is 3.31. The largest absolute Gasteiger partial charge is 0.337 e. The molecule has 4 nitrogen and oxygen atoms in total. The third-order valence-electron chi connectivity index (χ3n) is 2.94. The van der Waals surface area contributed by atoms with Crippen LogP contribution in [0.2, 0.25) is 0 Å². The van der Waals surface area contributed by atoms with E-state index in [0.717, 1.165) is 33.4 Å². The van der Waals surface area contributed by atoms with Gasteiger partial charge in [0, 0.05) is 16.2 Å². The summed E-state index contributed by atoms with van der Waals surface area (Å²) in [5.74, 6) is 0.833. The van der Waals surface area contributed by atoms with E-state index in [2.05, 4.69) is 43.0 Å². The number of benzene rings is 1. The Morgan fingerprint density at radius 3 is 3.00 bits per heavy atom. The average Bonchev–Trinajstić information content (AvgIpc) is 2.82. The number of aromatic amines is 1. The Morgan fingerprint density at radius 1 is 1.26 bits per heavy atom. The molecule has 2 heterocycles. The van der Waals surface area contributed by atoms with Crippen molar-refractivity contribution in [2.24, 2.45) is 5.73 Å². The van der Waals surface area contributed by atoms with Crippen LogP contribution in [-0.2, 0) is 6.42 Å². The first-order chi connectivity index (χ1) is 9.26. The summed E-state index contributed by atoms with van der Waals surface area (Å²) in [5.41, 5.74) is 9.51. The molecule has 3 rings (SSSR count). The summed E-state index contributed by atoms with van der Waals surface area (Å²) in [7, 11) is 0. The van der Waals surface area contributed by atoms with Crippen LogP contribution in [0.1, 0.15) is 5.56 Å². The maximum atomic E-state index is 5.59. The molecular weight excluding hydrogens is 304 g/mol. The third kappa shape index (κ3) is 2.52. The number of pyridine rings is 1. The van der Waals surface area contributed by atoms with Gasteiger partial charge in [-0.2, -0.15) is 0 Å². The maximum Gasteiger partial charge on any atom is 0.178 e. The third-order valence-corrected chi connectivity index (χ3v) is 3.37. The molecule has 0 aliphatic carbocycles. The number of hydrogen-bond donors (Lipinski definition) is 2. The highest BCUT2D eigenvalue weighted by Gasteiger charge is 2.07. The van der Waals surface area contributed by atoms with Gasteiger partial charge in [0.2, 0.25) is 0 Å². The van der Waals surface area contributed by atoms with Crippen molar-refractivity contribution in [3.05, 3.63) is 46.6 Å². The molecule has 96 valence electrons. The van der Waals surface area contributed by atoms with Crippen LogP contribution in [0.4, 0.5) is 0 Å². The van der Waals surface area contributed by atoms with Crippen LogP contribution in [0.5, 0.6) is 0 Å². The molecule has 3 N–H and O–H groups in total. The Balaban J connectivity index is 2.05. The summed E-state index contributed by atoms with van der Waals surface area (Å²) >= 11 is 3.41.